The van der Waals surface area contributed by atoms with Crippen molar-refractivity contribution in [2.75, 3.05) is 51.5 Å². The van der Waals surface area contributed by atoms with E-state index in [4.69, 9.17) is 28.7 Å². The number of methoxy groups -OCH3 is 1. The first kappa shape index (κ1) is 42.3. The average molecular weight is 814 g/mol. The van der Waals surface area contributed by atoms with E-state index in [9.17, 15) is 9.59 Å². The van der Waals surface area contributed by atoms with Crippen molar-refractivity contribution in [3.05, 3.63) is 142 Å². The fourth-order valence-corrected chi connectivity index (χ4v) is 7.71. The zero-order valence-electron chi connectivity index (χ0n) is 35.0. The van der Waals surface area contributed by atoms with Crippen molar-refractivity contribution in [1.82, 2.24) is 9.38 Å². The van der Waals surface area contributed by atoms with E-state index in [0.29, 0.717) is 105 Å². The second kappa shape index (κ2) is 19.0. The van der Waals surface area contributed by atoms with E-state index < -0.39 is 17.4 Å². The fraction of sp³-hybridized carbons (Fsp3) is 0.327. The van der Waals surface area contributed by atoms with Gasteiger partial charge in [0.2, 0.25) is 0 Å². The number of nitrogens with zero attached hydrogens (tertiary/aromatic N) is 3. The van der Waals surface area contributed by atoms with E-state index in [1.165, 1.54) is 13.2 Å². The first-order chi connectivity index (χ1) is 29.0. The summed E-state index contributed by atoms with van der Waals surface area (Å²) in [7, 11) is 1.21. The molecule has 10 nitrogen and oxygen atoms in total. The van der Waals surface area contributed by atoms with Gasteiger partial charge < -0.3 is 28.6 Å². The monoisotopic (exact) mass is 813 g/mol. The third-order valence-electron chi connectivity index (χ3n) is 11.2. The Morgan fingerprint density at radius 1 is 0.767 bits per heavy atom. The number of aromatic nitrogens is 2. The molecule has 4 aromatic carbocycles. The number of rotatable bonds is 17. The first-order valence-electron chi connectivity index (χ1n) is 20.4. The van der Waals surface area contributed by atoms with Gasteiger partial charge in [-0.05, 0) is 92.1 Å². The summed E-state index contributed by atoms with van der Waals surface area (Å²) in [5, 5.41) is 0. The van der Waals surface area contributed by atoms with Crippen LogP contribution in [-0.2, 0) is 37.0 Å². The molecule has 7 rings (SSSR count). The number of aryl methyl sites for hydroxylation is 2. The molecule has 312 valence electrons. The highest BCUT2D eigenvalue weighted by Crippen LogP contribution is 2.39. The third kappa shape index (κ3) is 9.60. The second-order valence-corrected chi connectivity index (χ2v) is 15.5. The Labute approximate surface area is 350 Å². The summed E-state index contributed by atoms with van der Waals surface area (Å²) in [6, 6.07) is 30.7. The van der Waals surface area contributed by atoms with Gasteiger partial charge in [-0.3, -0.25) is 9.20 Å². The molecule has 6 aromatic rings. The minimum absolute atomic E-state index is 0.277. The quantitative estimate of drug-likeness (QED) is 0.0386. The Hall–Kier alpha value is -5.88. The van der Waals surface area contributed by atoms with Crippen molar-refractivity contribution in [2.24, 2.45) is 0 Å². The lowest BCUT2D eigenvalue weighted by Crippen LogP contribution is -2.46. The zero-order valence-corrected chi connectivity index (χ0v) is 35.0. The number of hydrogen-bond donors (Lipinski definition) is 0. The van der Waals surface area contributed by atoms with Gasteiger partial charge >= 0.3 is 5.97 Å². The molecule has 0 saturated carbocycles. The Kier molecular flexibility index (Phi) is 13.4. The number of ether oxygens (including phenoxy) is 5. The van der Waals surface area contributed by atoms with E-state index in [-0.39, 0.29) is 11.4 Å². The Bertz CT molecular complexity index is 2440. The number of esters is 1. The van der Waals surface area contributed by atoms with Crippen LogP contribution in [0.2, 0.25) is 0 Å². The highest BCUT2D eigenvalue weighted by Gasteiger charge is 2.36. The van der Waals surface area contributed by atoms with Crippen LogP contribution in [0.25, 0.3) is 28.0 Å². The molecule has 1 saturated heterocycles. The molecule has 0 N–H and O–H groups in total. The van der Waals surface area contributed by atoms with Gasteiger partial charge in [-0.15, -0.1) is 0 Å². The molecule has 0 spiro atoms. The number of ketones is 1. The smallest absolute Gasteiger partial charge is 0.379 e. The lowest BCUT2D eigenvalue weighted by atomic mass is 9.92. The molecule has 1 fully saturated rings. The number of carbonyl (C=O) groups is 2. The van der Waals surface area contributed by atoms with Crippen molar-refractivity contribution in [2.45, 2.75) is 59.4 Å². The number of hydrogen-bond acceptors (Lipinski definition) is 9. The van der Waals surface area contributed by atoms with Gasteiger partial charge in [-0.1, -0.05) is 78.9 Å². The van der Waals surface area contributed by atoms with Crippen LogP contribution in [0.3, 0.4) is 0 Å². The molecule has 1 aliphatic rings. The average Bonchev–Trinajstić information content (AvgIpc) is 3.71. The molecule has 0 bridgehead atoms. The summed E-state index contributed by atoms with van der Waals surface area (Å²) >= 11 is 0. The minimum Gasteiger partial charge on any atom is -0.488 e. The maximum absolute atomic E-state index is 15.8. The highest BCUT2D eigenvalue weighted by atomic mass is 19.1. The van der Waals surface area contributed by atoms with Gasteiger partial charge in [-0.2, -0.15) is 0 Å². The van der Waals surface area contributed by atoms with E-state index in [1.54, 1.807) is 0 Å². The Balaban J connectivity index is 1.11. The fourth-order valence-electron chi connectivity index (χ4n) is 7.71. The van der Waals surface area contributed by atoms with Crippen molar-refractivity contribution in [3.8, 4) is 28.1 Å². The van der Waals surface area contributed by atoms with Crippen LogP contribution in [0.5, 0.6) is 5.75 Å². The van der Waals surface area contributed by atoms with Crippen molar-refractivity contribution < 1.29 is 37.7 Å². The topological polar surface area (TPSA) is 101 Å². The molecule has 0 radical (unpaired) electrons. The Morgan fingerprint density at radius 2 is 1.42 bits per heavy atom. The van der Waals surface area contributed by atoms with Gasteiger partial charge in [-0.25, -0.2) is 14.2 Å². The number of anilines is 1. The lowest BCUT2D eigenvalue weighted by molar-refractivity contribution is -0.135. The normalized spacial score (nSPS) is 13.7. The van der Waals surface area contributed by atoms with Crippen molar-refractivity contribution in [3.63, 3.8) is 0 Å². The van der Waals surface area contributed by atoms with Crippen LogP contribution in [0.15, 0.2) is 103 Å². The van der Waals surface area contributed by atoms with Crippen LogP contribution < -0.4 is 9.64 Å². The van der Waals surface area contributed by atoms with Gasteiger partial charge in [0.15, 0.2) is 0 Å². The van der Waals surface area contributed by atoms with Crippen molar-refractivity contribution >= 4 is 23.2 Å². The number of piperidine rings is 1. The lowest BCUT2D eigenvalue weighted by Gasteiger charge is -2.41. The molecule has 3 heterocycles. The van der Waals surface area contributed by atoms with Crippen LogP contribution in [-0.4, -0.2) is 73.4 Å². The molecule has 1 aliphatic heterocycles. The maximum atomic E-state index is 15.8. The van der Waals surface area contributed by atoms with Crippen LogP contribution in [0, 0.1) is 26.6 Å². The number of imidazole rings is 1. The standard InChI is InChI=1S/C49H52FN3O7/c1-33-27-40(50)44(42(28-33)59-32-37-15-10-7-11-16-37)39-18-12-17-38(29-39)41-30-53-46(51-41)35(3)34(2)43(45(54)48(55)56-5)47(53)52-21-19-49(4,20-22-52)60-26-25-57-23-24-58-31-36-13-8-6-9-14-36/h6-18,27-30H,19-26,31-32H2,1-5H3. The van der Waals surface area contributed by atoms with E-state index in [1.807, 2.05) is 122 Å². The maximum Gasteiger partial charge on any atom is 0.379 e. The van der Waals surface area contributed by atoms with Crippen LogP contribution in [0.4, 0.5) is 10.2 Å². The Morgan fingerprint density at radius 3 is 2.12 bits per heavy atom. The van der Waals surface area contributed by atoms with E-state index >= 15 is 4.39 Å². The molecular weight excluding hydrogens is 762 g/mol. The predicted molar refractivity (Wildman–Crippen MR) is 230 cm³/mol. The van der Waals surface area contributed by atoms with E-state index in [0.717, 1.165) is 27.8 Å². The number of carbonyl (C=O) groups excluding carboxylic acids is 2. The van der Waals surface area contributed by atoms with Gasteiger partial charge in [0.1, 0.15) is 29.6 Å². The summed E-state index contributed by atoms with van der Waals surface area (Å²) in [5.41, 5.74) is 7.13. The summed E-state index contributed by atoms with van der Waals surface area (Å²) in [5.74, 6) is -1.03. The van der Waals surface area contributed by atoms with Gasteiger partial charge in [0, 0.05) is 24.8 Å². The number of Topliss-reactive ketones (excluding diaryl/α,β-unsaturated/α-hetero) is 1. The summed E-state index contributed by atoms with van der Waals surface area (Å²) in [6.07, 6.45) is 3.23. The number of halogens is 1. The molecule has 2 aromatic heterocycles. The second-order valence-electron chi connectivity index (χ2n) is 15.5. The summed E-state index contributed by atoms with van der Waals surface area (Å²) in [4.78, 5) is 33.9. The van der Waals surface area contributed by atoms with Crippen molar-refractivity contribution in [1.29, 1.82) is 0 Å². The third-order valence-corrected chi connectivity index (χ3v) is 11.2. The SMILES string of the molecule is COC(=O)C(=O)c1c(C)c(C)c2nc(-c3cccc(-c4c(F)cc(C)cc4OCc4ccccc4)c3)cn2c1N1CCC(C)(OCCOCCOCc2ccccc2)CC1. The number of benzene rings is 4. The molecule has 0 unspecified atom stereocenters. The van der Waals surface area contributed by atoms with Gasteiger partial charge in [0.05, 0.1) is 62.6 Å². The minimum atomic E-state index is -0.938. The zero-order chi connectivity index (χ0) is 42.2. The first-order valence-corrected chi connectivity index (χ1v) is 20.4. The van der Waals surface area contributed by atoms with Gasteiger partial charge in [0.25, 0.3) is 5.78 Å². The largest absolute Gasteiger partial charge is 0.488 e. The van der Waals surface area contributed by atoms with E-state index in [2.05, 4.69) is 11.8 Å². The summed E-state index contributed by atoms with van der Waals surface area (Å²) in [6.45, 7) is 11.5. The molecule has 60 heavy (non-hydrogen) atoms. The van der Waals surface area contributed by atoms with Crippen LogP contribution in [0.1, 0.15) is 57.9 Å². The van der Waals surface area contributed by atoms with Crippen LogP contribution >= 0.6 is 0 Å². The molecule has 0 amide bonds. The molecular formula is C49H52FN3O7. The number of fused-ring (bicyclic) bond motifs is 1. The highest BCUT2D eigenvalue weighted by molar-refractivity contribution is 6.42. The number of pyridine rings is 1. The summed E-state index contributed by atoms with van der Waals surface area (Å²) < 4.78 is 46.8. The molecule has 0 atom stereocenters. The predicted octanol–water partition coefficient (Wildman–Crippen LogP) is 9.28. The molecule has 0 aliphatic carbocycles. The molecule has 11 heteroatoms.